The molecule has 0 unspecified atom stereocenters. The van der Waals surface area contributed by atoms with Crippen LogP contribution in [0.25, 0.3) is 0 Å². The van der Waals surface area contributed by atoms with Gasteiger partial charge in [-0.1, -0.05) is 123 Å². The molecule has 0 amide bonds. The van der Waals surface area contributed by atoms with E-state index >= 15 is 0 Å². The number of hydrogen-bond acceptors (Lipinski definition) is 1. The maximum atomic E-state index is 6.75. The van der Waals surface area contributed by atoms with E-state index in [-0.39, 0.29) is 0 Å². The van der Waals surface area contributed by atoms with Gasteiger partial charge in [0.25, 0.3) is 0 Å². The molecule has 0 aliphatic heterocycles. The summed E-state index contributed by atoms with van der Waals surface area (Å²) in [7, 11) is -1.16. The lowest BCUT2D eigenvalue weighted by molar-refractivity contribution is 0.0808. The van der Waals surface area contributed by atoms with Crippen molar-refractivity contribution in [2.24, 2.45) is 0 Å². The van der Waals surface area contributed by atoms with Gasteiger partial charge in [0, 0.05) is 24.8 Å². The van der Waals surface area contributed by atoms with E-state index in [0.29, 0.717) is 5.76 Å². The number of benzene rings is 3. The van der Waals surface area contributed by atoms with Crippen LogP contribution < -0.4 is 0 Å². The van der Waals surface area contributed by atoms with Crippen molar-refractivity contribution in [1.82, 2.24) is 0 Å². The van der Waals surface area contributed by atoms with Crippen molar-refractivity contribution in [3.05, 3.63) is 132 Å². The van der Waals surface area contributed by atoms with Gasteiger partial charge in [-0.25, -0.2) is 0 Å². The van der Waals surface area contributed by atoms with Crippen molar-refractivity contribution in [1.29, 1.82) is 0 Å². The van der Waals surface area contributed by atoms with Crippen LogP contribution in [0, 0.1) is 0 Å². The Balaban J connectivity index is 2.11. The minimum Gasteiger partial charge on any atom is -0.474 e. The van der Waals surface area contributed by atoms with Gasteiger partial charge in [0.05, 0.1) is 0 Å². The fraction of sp³-hybridized carbons (Fsp3) is 0.185. The predicted octanol–water partition coefficient (Wildman–Crippen LogP) is 7.40. The largest absolute Gasteiger partial charge is 0.474 e. The van der Waals surface area contributed by atoms with E-state index in [1.165, 1.54) is 0 Å². The van der Waals surface area contributed by atoms with Gasteiger partial charge in [0.15, 0.2) is 5.60 Å². The molecule has 0 radical (unpaired) electrons. The Kier molecular flexibility index (Phi) is 6.55. The molecule has 0 spiro atoms. The zero-order chi connectivity index (χ0) is 20.7. The van der Waals surface area contributed by atoms with Crippen molar-refractivity contribution in [3.8, 4) is 0 Å². The van der Waals surface area contributed by atoms with Crippen LogP contribution in [0.5, 0.6) is 0 Å². The fourth-order valence-corrected chi connectivity index (χ4v) is 4.29. The third-order valence-corrected chi connectivity index (χ3v) is 6.32. The van der Waals surface area contributed by atoms with Crippen molar-refractivity contribution in [2.45, 2.75) is 31.3 Å². The lowest BCUT2D eigenvalue weighted by Gasteiger charge is -2.36. The van der Waals surface area contributed by atoms with Crippen LogP contribution in [0.4, 0.5) is 0 Å². The molecule has 0 aliphatic carbocycles. The molecule has 0 saturated carbocycles. The molecule has 1 nitrogen and oxygen atoms in total. The second kappa shape index (κ2) is 9.10. The van der Waals surface area contributed by atoms with Crippen molar-refractivity contribution >= 4 is 8.07 Å². The molecule has 0 heterocycles. The average Bonchev–Trinajstić information content (AvgIpc) is 2.73. The molecule has 0 bridgehead atoms. The van der Waals surface area contributed by atoms with Gasteiger partial charge in [0.1, 0.15) is 5.76 Å². The van der Waals surface area contributed by atoms with Gasteiger partial charge >= 0.3 is 0 Å². The van der Waals surface area contributed by atoms with Gasteiger partial charge in [-0.3, -0.25) is 0 Å². The molecular weight excluding hydrogens is 368 g/mol. The van der Waals surface area contributed by atoms with Gasteiger partial charge in [0.2, 0.25) is 0 Å². The van der Waals surface area contributed by atoms with E-state index in [1.807, 2.05) is 24.3 Å². The highest BCUT2D eigenvalue weighted by Crippen LogP contribution is 2.41. The molecular formula is C27H30OSi. The van der Waals surface area contributed by atoms with E-state index < -0.39 is 13.7 Å². The first-order chi connectivity index (χ1) is 13.9. The molecule has 0 aromatic heterocycles. The van der Waals surface area contributed by atoms with Crippen molar-refractivity contribution < 1.29 is 4.74 Å². The Hall–Kier alpha value is -2.84. The Morgan fingerprint density at radius 1 is 0.759 bits per heavy atom. The minimum absolute atomic E-state index is 0.666. The summed E-state index contributed by atoms with van der Waals surface area (Å²) in [5, 5.41) is 0. The van der Waals surface area contributed by atoms with E-state index in [1.54, 1.807) is 0 Å². The van der Waals surface area contributed by atoms with Gasteiger partial charge < -0.3 is 4.74 Å². The average molecular weight is 399 g/mol. The summed E-state index contributed by atoms with van der Waals surface area (Å²) >= 11 is 0. The van der Waals surface area contributed by atoms with Gasteiger partial charge in [-0.05, 0) is 12.1 Å². The predicted molar refractivity (Wildman–Crippen MR) is 127 cm³/mol. The normalized spacial score (nSPS) is 12.1. The van der Waals surface area contributed by atoms with Crippen LogP contribution in [-0.4, -0.2) is 8.07 Å². The first kappa shape index (κ1) is 20.9. The van der Waals surface area contributed by atoms with Gasteiger partial charge in [-0.2, -0.15) is 0 Å². The molecule has 0 saturated heterocycles. The van der Waals surface area contributed by atoms with E-state index in [9.17, 15) is 0 Å². The van der Waals surface area contributed by atoms with Crippen molar-refractivity contribution in [2.75, 3.05) is 0 Å². The second-order valence-electron chi connectivity index (χ2n) is 8.51. The van der Waals surface area contributed by atoms with Crippen LogP contribution >= 0.6 is 0 Å². The SMILES string of the molecule is C=C(/C=C/C[Si](C)(C)C)OC(c1ccccc1)(c1ccccc1)c1ccccc1. The molecule has 0 aliphatic rings. The van der Waals surface area contributed by atoms with Crippen molar-refractivity contribution in [3.63, 3.8) is 0 Å². The molecule has 0 N–H and O–H groups in total. The number of rotatable bonds is 8. The zero-order valence-electron chi connectivity index (χ0n) is 17.6. The molecule has 2 heteroatoms. The van der Waals surface area contributed by atoms with E-state index in [2.05, 4.69) is 105 Å². The molecule has 0 fully saturated rings. The number of allylic oxidation sites excluding steroid dienone is 2. The summed E-state index contributed by atoms with van der Waals surface area (Å²) in [4.78, 5) is 0. The third-order valence-electron chi connectivity index (χ3n) is 4.86. The van der Waals surface area contributed by atoms with Crippen LogP contribution in [0.1, 0.15) is 16.7 Å². The highest BCUT2D eigenvalue weighted by molar-refractivity contribution is 6.76. The van der Waals surface area contributed by atoms with Crippen LogP contribution in [0.15, 0.2) is 115 Å². The summed E-state index contributed by atoms with van der Waals surface area (Å²) in [6.07, 6.45) is 4.24. The van der Waals surface area contributed by atoms with Crippen LogP contribution in [0.3, 0.4) is 0 Å². The smallest absolute Gasteiger partial charge is 0.184 e. The standard InChI is InChI=1S/C27H30OSi/c1-23(15-14-22-29(2,3)4)28-27(24-16-8-5-9-17-24,25-18-10-6-11-19-25)26-20-12-7-13-21-26/h5-21H,1,22H2,2-4H3/b15-14+. The molecule has 29 heavy (non-hydrogen) atoms. The number of hydrogen-bond donors (Lipinski definition) is 0. The highest BCUT2D eigenvalue weighted by Gasteiger charge is 2.38. The quantitative estimate of drug-likeness (QED) is 0.166. The molecule has 3 rings (SSSR count). The Morgan fingerprint density at radius 3 is 1.48 bits per heavy atom. The zero-order valence-corrected chi connectivity index (χ0v) is 18.6. The minimum atomic E-state index is -1.16. The summed E-state index contributed by atoms with van der Waals surface area (Å²) in [5.41, 5.74) is 2.48. The third kappa shape index (κ3) is 5.15. The molecule has 148 valence electrons. The summed E-state index contributed by atoms with van der Waals surface area (Å²) in [5.74, 6) is 0.666. The van der Waals surface area contributed by atoms with E-state index in [0.717, 1.165) is 22.7 Å². The lowest BCUT2D eigenvalue weighted by Crippen LogP contribution is -2.32. The topological polar surface area (TPSA) is 9.23 Å². The Morgan fingerprint density at radius 2 is 1.14 bits per heavy atom. The molecule has 0 atom stereocenters. The molecule has 3 aromatic carbocycles. The van der Waals surface area contributed by atoms with E-state index in [4.69, 9.17) is 4.74 Å². The maximum absolute atomic E-state index is 6.75. The first-order valence-corrected chi connectivity index (χ1v) is 13.8. The Bertz CT molecular complexity index is 841. The number of ether oxygens (including phenoxy) is 1. The monoisotopic (exact) mass is 398 g/mol. The summed E-state index contributed by atoms with van der Waals surface area (Å²) in [6, 6.07) is 32.3. The Labute approximate surface area is 176 Å². The summed E-state index contributed by atoms with van der Waals surface area (Å²) in [6.45, 7) is 11.3. The lowest BCUT2D eigenvalue weighted by atomic mass is 9.80. The van der Waals surface area contributed by atoms with Gasteiger partial charge in [-0.15, -0.1) is 0 Å². The first-order valence-electron chi connectivity index (χ1n) is 10.1. The maximum Gasteiger partial charge on any atom is 0.184 e. The van der Waals surface area contributed by atoms with Crippen LogP contribution in [-0.2, 0) is 10.3 Å². The fourth-order valence-electron chi connectivity index (χ4n) is 3.47. The highest BCUT2D eigenvalue weighted by atomic mass is 28.3. The second-order valence-corrected chi connectivity index (χ2v) is 14.0. The summed E-state index contributed by atoms with van der Waals surface area (Å²) < 4.78 is 6.75. The molecule has 3 aromatic rings. The van der Waals surface area contributed by atoms with Crippen LogP contribution in [0.2, 0.25) is 25.7 Å².